The molecular formula is C13H27NO. The second-order valence-corrected chi connectivity index (χ2v) is 4.84. The van der Waals surface area contributed by atoms with Gasteiger partial charge in [-0.3, -0.25) is 4.90 Å². The van der Waals surface area contributed by atoms with E-state index in [0.29, 0.717) is 12.6 Å². The third-order valence-electron chi connectivity index (χ3n) is 3.81. The highest BCUT2D eigenvalue weighted by Gasteiger charge is 2.21. The molecule has 0 aromatic heterocycles. The molecule has 0 heterocycles. The summed E-state index contributed by atoms with van der Waals surface area (Å²) in [5.74, 6) is 0.900. The van der Waals surface area contributed by atoms with Gasteiger partial charge in [-0.05, 0) is 31.6 Å². The van der Waals surface area contributed by atoms with Crippen molar-refractivity contribution in [2.24, 2.45) is 5.92 Å². The van der Waals surface area contributed by atoms with Gasteiger partial charge in [0.05, 0.1) is 6.61 Å². The molecule has 0 radical (unpaired) electrons. The number of hydrogen-bond donors (Lipinski definition) is 1. The van der Waals surface area contributed by atoms with Crippen molar-refractivity contribution in [2.45, 2.75) is 58.4 Å². The zero-order chi connectivity index (χ0) is 11.1. The molecule has 2 heteroatoms. The molecule has 0 aromatic rings. The zero-order valence-corrected chi connectivity index (χ0v) is 10.4. The smallest absolute Gasteiger partial charge is 0.0558 e. The summed E-state index contributed by atoms with van der Waals surface area (Å²) in [4.78, 5) is 2.51. The van der Waals surface area contributed by atoms with Crippen molar-refractivity contribution in [3.63, 3.8) is 0 Å². The van der Waals surface area contributed by atoms with Crippen molar-refractivity contribution >= 4 is 0 Å². The molecule has 0 spiro atoms. The van der Waals surface area contributed by atoms with E-state index in [0.717, 1.165) is 12.5 Å². The first-order valence-corrected chi connectivity index (χ1v) is 6.66. The van der Waals surface area contributed by atoms with Crippen molar-refractivity contribution in [1.82, 2.24) is 4.90 Å². The van der Waals surface area contributed by atoms with Crippen LogP contribution >= 0.6 is 0 Å². The Morgan fingerprint density at radius 1 is 1.20 bits per heavy atom. The molecule has 0 atom stereocenters. The minimum Gasteiger partial charge on any atom is -0.395 e. The van der Waals surface area contributed by atoms with Gasteiger partial charge in [0.15, 0.2) is 0 Å². The maximum absolute atomic E-state index is 9.11. The van der Waals surface area contributed by atoms with E-state index in [1.54, 1.807) is 0 Å². The lowest BCUT2D eigenvalue weighted by molar-refractivity contribution is 0.124. The topological polar surface area (TPSA) is 23.5 Å². The highest BCUT2D eigenvalue weighted by molar-refractivity contribution is 4.76. The van der Waals surface area contributed by atoms with Crippen LogP contribution < -0.4 is 0 Å². The van der Waals surface area contributed by atoms with Gasteiger partial charge in [0.1, 0.15) is 0 Å². The van der Waals surface area contributed by atoms with Crippen LogP contribution in [-0.4, -0.2) is 35.7 Å². The summed E-state index contributed by atoms with van der Waals surface area (Å²) in [6.45, 7) is 6.90. The van der Waals surface area contributed by atoms with E-state index in [9.17, 15) is 0 Å². The summed E-state index contributed by atoms with van der Waals surface area (Å²) in [7, 11) is 0. The quantitative estimate of drug-likeness (QED) is 0.703. The van der Waals surface area contributed by atoms with E-state index >= 15 is 0 Å². The molecule has 0 saturated heterocycles. The molecule has 0 aliphatic heterocycles. The molecule has 1 aliphatic carbocycles. The maximum atomic E-state index is 9.11. The van der Waals surface area contributed by atoms with Crippen LogP contribution in [-0.2, 0) is 0 Å². The molecule has 1 saturated carbocycles. The van der Waals surface area contributed by atoms with Crippen LogP contribution in [0.4, 0.5) is 0 Å². The first-order valence-electron chi connectivity index (χ1n) is 6.66. The molecule has 0 bridgehead atoms. The fraction of sp³-hybridized carbons (Fsp3) is 1.00. The van der Waals surface area contributed by atoms with Gasteiger partial charge in [-0.25, -0.2) is 0 Å². The normalized spacial score (nSPS) is 18.2. The summed E-state index contributed by atoms with van der Waals surface area (Å²) < 4.78 is 0. The third-order valence-corrected chi connectivity index (χ3v) is 3.81. The minimum absolute atomic E-state index is 0.309. The van der Waals surface area contributed by atoms with Gasteiger partial charge in [0.25, 0.3) is 0 Å². The number of hydrogen-bond acceptors (Lipinski definition) is 2. The van der Waals surface area contributed by atoms with E-state index in [4.69, 9.17) is 5.11 Å². The van der Waals surface area contributed by atoms with Gasteiger partial charge < -0.3 is 5.11 Å². The van der Waals surface area contributed by atoms with Gasteiger partial charge in [0, 0.05) is 19.1 Å². The number of rotatable bonds is 7. The lowest BCUT2D eigenvalue weighted by Crippen LogP contribution is -2.39. The van der Waals surface area contributed by atoms with E-state index in [2.05, 4.69) is 18.7 Å². The summed E-state index contributed by atoms with van der Waals surface area (Å²) in [5.41, 5.74) is 0. The molecule has 1 fully saturated rings. The Balaban J connectivity index is 2.40. The average Bonchev–Trinajstić information content (AvgIpc) is 2.72. The lowest BCUT2D eigenvalue weighted by atomic mass is 10.0. The number of nitrogens with zero attached hydrogens (tertiary/aromatic N) is 1. The predicted octanol–water partition coefficient (Wildman–Crippen LogP) is 2.66. The van der Waals surface area contributed by atoms with Crippen molar-refractivity contribution < 1.29 is 5.11 Å². The zero-order valence-electron chi connectivity index (χ0n) is 10.4. The van der Waals surface area contributed by atoms with Crippen LogP contribution in [0.2, 0.25) is 0 Å². The first kappa shape index (κ1) is 13.0. The average molecular weight is 213 g/mol. The fourth-order valence-electron chi connectivity index (χ4n) is 2.88. The molecule has 0 unspecified atom stereocenters. The Kier molecular flexibility index (Phi) is 6.26. The Labute approximate surface area is 94.7 Å². The van der Waals surface area contributed by atoms with Crippen molar-refractivity contribution in [1.29, 1.82) is 0 Å². The van der Waals surface area contributed by atoms with Crippen LogP contribution in [0, 0.1) is 5.92 Å². The summed E-state index contributed by atoms with van der Waals surface area (Å²) in [6.07, 6.45) is 8.07. The second-order valence-electron chi connectivity index (χ2n) is 4.84. The summed E-state index contributed by atoms with van der Waals surface area (Å²) >= 11 is 0. The van der Waals surface area contributed by atoms with Crippen LogP contribution in [0.15, 0.2) is 0 Å². The largest absolute Gasteiger partial charge is 0.395 e. The molecule has 1 rings (SSSR count). The van der Waals surface area contributed by atoms with Crippen LogP contribution in [0.25, 0.3) is 0 Å². The van der Waals surface area contributed by atoms with Gasteiger partial charge in [0.2, 0.25) is 0 Å². The SMILES string of the molecule is CCC(CC)N(CCO)CC1CCCC1. The molecule has 15 heavy (non-hydrogen) atoms. The minimum atomic E-state index is 0.309. The standard InChI is InChI=1S/C13H27NO/c1-3-13(4-2)14(9-10-15)11-12-7-5-6-8-12/h12-13,15H,3-11H2,1-2H3. The van der Waals surface area contributed by atoms with E-state index < -0.39 is 0 Å². The van der Waals surface area contributed by atoms with Crippen LogP contribution in [0.3, 0.4) is 0 Å². The van der Waals surface area contributed by atoms with Gasteiger partial charge in [-0.1, -0.05) is 26.7 Å². The third kappa shape index (κ3) is 4.12. The van der Waals surface area contributed by atoms with Crippen LogP contribution in [0.1, 0.15) is 52.4 Å². The molecule has 1 aliphatic rings. The predicted molar refractivity (Wildman–Crippen MR) is 65.0 cm³/mol. The van der Waals surface area contributed by atoms with Crippen molar-refractivity contribution in [3.8, 4) is 0 Å². The molecule has 2 nitrogen and oxygen atoms in total. The monoisotopic (exact) mass is 213 g/mol. The lowest BCUT2D eigenvalue weighted by Gasteiger charge is -2.32. The van der Waals surface area contributed by atoms with E-state index in [-0.39, 0.29) is 0 Å². The summed E-state index contributed by atoms with van der Waals surface area (Å²) in [6, 6.07) is 0.678. The Morgan fingerprint density at radius 3 is 2.27 bits per heavy atom. The van der Waals surface area contributed by atoms with Gasteiger partial charge >= 0.3 is 0 Å². The Morgan fingerprint density at radius 2 is 1.80 bits per heavy atom. The number of aliphatic hydroxyl groups is 1. The van der Waals surface area contributed by atoms with E-state index in [1.165, 1.54) is 45.1 Å². The molecule has 1 N–H and O–H groups in total. The molecule has 0 amide bonds. The molecule has 0 aromatic carbocycles. The molecule has 90 valence electrons. The molecular weight excluding hydrogens is 186 g/mol. The highest BCUT2D eigenvalue weighted by atomic mass is 16.3. The Bertz CT molecular complexity index is 151. The number of aliphatic hydroxyl groups excluding tert-OH is 1. The maximum Gasteiger partial charge on any atom is 0.0558 e. The van der Waals surface area contributed by atoms with Crippen molar-refractivity contribution in [2.75, 3.05) is 19.7 Å². The Hall–Kier alpha value is -0.0800. The van der Waals surface area contributed by atoms with Crippen molar-refractivity contribution in [3.05, 3.63) is 0 Å². The fourth-order valence-corrected chi connectivity index (χ4v) is 2.88. The highest BCUT2D eigenvalue weighted by Crippen LogP contribution is 2.26. The second kappa shape index (κ2) is 7.24. The van der Waals surface area contributed by atoms with Gasteiger partial charge in [-0.2, -0.15) is 0 Å². The van der Waals surface area contributed by atoms with Crippen LogP contribution in [0.5, 0.6) is 0 Å². The van der Waals surface area contributed by atoms with E-state index in [1.807, 2.05) is 0 Å². The first-order chi connectivity index (χ1) is 7.31. The van der Waals surface area contributed by atoms with Gasteiger partial charge in [-0.15, -0.1) is 0 Å². The summed E-state index contributed by atoms with van der Waals surface area (Å²) in [5, 5.41) is 9.11.